The number of aromatic nitrogens is 1. The van der Waals surface area contributed by atoms with Crippen LogP contribution in [-0.2, 0) is 6.54 Å². The molecule has 0 bridgehead atoms. The molecule has 0 unspecified atom stereocenters. The van der Waals surface area contributed by atoms with Crippen LogP contribution in [0.4, 0.5) is 10.1 Å². The first kappa shape index (κ1) is 25.6. The molecule has 9 nitrogen and oxygen atoms in total. The van der Waals surface area contributed by atoms with Crippen molar-refractivity contribution in [1.82, 2.24) is 9.47 Å². The van der Waals surface area contributed by atoms with Gasteiger partial charge in [-0.1, -0.05) is 0 Å². The first-order valence-electron chi connectivity index (χ1n) is 10.7. The van der Waals surface area contributed by atoms with Crippen LogP contribution >= 0.6 is 0 Å². The molecule has 186 valence electrons. The Hall–Kier alpha value is -4.05. The highest BCUT2D eigenvalue weighted by Crippen LogP contribution is 2.39. The number of anilines is 1. The number of ether oxygens (including phenoxy) is 3. The Morgan fingerprint density at radius 1 is 1.17 bits per heavy atom. The Morgan fingerprint density at radius 3 is 2.43 bits per heavy atom. The molecule has 0 aliphatic heterocycles. The van der Waals surface area contributed by atoms with Crippen LogP contribution in [0.2, 0.25) is 0 Å². The number of furan rings is 1. The van der Waals surface area contributed by atoms with Crippen molar-refractivity contribution in [3.8, 4) is 28.4 Å². The Kier molecular flexibility index (Phi) is 8.69. The van der Waals surface area contributed by atoms with Crippen molar-refractivity contribution in [2.45, 2.75) is 6.54 Å². The molecule has 2 heterocycles. The quantitative estimate of drug-likeness (QED) is 0.315. The van der Waals surface area contributed by atoms with Gasteiger partial charge in [0.25, 0.3) is 0 Å². The van der Waals surface area contributed by atoms with Gasteiger partial charge >= 0.3 is 0 Å². The minimum Gasteiger partial charge on any atom is -0.493 e. The molecule has 0 spiro atoms. The second-order valence-electron chi connectivity index (χ2n) is 7.74. The number of nitrogens with one attached hydrogen (secondary N) is 1. The summed E-state index contributed by atoms with van der Waals surface area (Å²) >= 11 is 0. The van der Waals surface area contributed by atoms with E-state index in [-0.39, 0.29) is 12.5 Å². The number of allylic oxidation sites excluding steroid dienone is 1. The Morgan fingerprint density at radius 2 is 1.89 bits per heavy atom. The van der Waals surface area contributed by atoms with Crippen LogP contribution in [0.25, 0.3) is 11.1 Å². The van der Waals surface area contributed by atoms with E-state index in [1.54, 1.807) is 29.2 Å². The lowest BCUT2D eigenvalue weighted by molar-refractivity contribution is 0.324. The number of aliphatic imine (C=N–C) groups is 2. The highest BCUT2D eigenvalue weighted by molar-refractivity contribution is 5.99. The number of rotatable bonds is 11. The molecule has 0 saturated carbocycles. The molecule has 0 atom stereocenters. The molecule has 1 aromatic carbocycles. The summed E-state index contributed by atoms with van der Waals surface area (Å²) in [4.78, 5) is 10.1. The van der Waals surface area contributed by atoms with Crippen LogP contribution in [0.5, 0.6) is 17.2 Å². The van der Waals surface area contributed by atoms with Crippen LogP contribution in [0.1, 0.15) is 5.56 Å². The van der Waals surface area contributed by atoms with E-state index >= 15 is 4.39 Å². The molecule has 0 fully saturated rings. The molecule has 10 heteroatoms. The van der Waals surface area contributed by atoms with Crippen molar-refractivity contribution in [3.05, 3.63) is 60.7 Å². The molecular formula is C25H30FN5O4. The van der Waals surface area contributed by atoms with Gasteiger partial charge in [-0.15, -0.1) is 0 Å². The van der Waals surface area contributed by atoms with Gasteiger partial charge in [0.2, 0.25) is 5.75 Å². The molecule has 35 heavy (non-hydrogen) atoms. The highest BCUT2D eigenvalue weighted by Gasteiger charge is 2.17. The van der Waals surface area contributed by atoms with Gasteiger partial charge in [0.1, 0.15) is 6.67 Å². The lowest BCUT2D eigenvalue weighted by atomic mass is 10.1. The minimum absolute atomic E-state index is 0.0641. The number of halogens is 1. The number of nitrogens with zero attached hydrogens (tertiary/aromatic N) is 4. The maximum Gasteiger partial charge on any atom is 0.203 e. The normalized spacial score (nSPS) is 12.1. The van der Waals surface area contributed by atoms with Crippen LogP contribution in [0.3, 0.4) is 0 Å². The van der Waals surface area contributed by atoms with Crippen LogP contribution in [0.15, 0.2) is 69.5 Å². The van der Waals surface area contributed by atoms with E-state index in [2.05, 4.69) is 22.0 Å². The van der Waals surface area contributed by atoms with Crippen molar-refractivity contribution in [2.24, 2.45) is 9.98 Å². The standard InChI is InChI=1S/C25H30FN5O4/c1-27-11-21(26)25(29-16-28-19-9-22(32-4)24(34-6)23(10-19)33-5)31-13-18(12-30(2)3)20(14-31)17-7-8-35-15-17/h7-11,13-15,28H,1,12,16H2,2-6H3/b21-11+,29-25+. The molecule has 0 aliphatic rings. The van der Waals surface area contributed by atoms with Crippen LogP contribution in [-0.4, -0.2) is 64.1 Å². The van der Waals surface area contributed by atoms with Crippen LogP contribution in [0, 0.1) is 0 Å². The zero-order valence-corrected chi connectivity index (χ0v) is 20.5. The van der Waals surface area contributed by atoms with Crippen molar-refractivity contribution in [3.63, 3.8) is 0 Å². The van der Waals surface area contributed by atoms with Gasteiger partial charge in [-0.25, -0.2) is 9.38 Å². The number of hydrogen-bond donors (Lipinski definition) is 1. The van der Waals surface area contributed by atoms with E-state index in [4.69, 9.17) is 18.6 Å². The number of methoxy groups -OCH3 is 3. The zero-order chi connectivity index (χ0) is 25.4. The average Bonchev–Trinajstić information content (AvgIpc) is 3.51. The Labute approximate surface area is 204 Å². The third-order valence-corrected chi connectivity index (χ3v) is 5.07. The lowest BCUT2D eigenvalue weighted by Crippen LogP contribution is -2.14. The largest absolute Gasteiger partial charge is 0.493 e. The van der Waals surface area contributed by atoms with Crippen molar-refractivity contribution < 1.29 is 23.0 Å². The summed E-state index contributed by atoms with van der Waals surface area (Å²) < 4.78 is 38.0. The molecule has 3 aromatic rings. The highest BCUT2D eigenvalue weighted by atomic mass is 19.1. The van der Waals surface area contributed by atoms with Gasteiger partial charge in [-0.05, 0) is 32.4 Å². The van der Waals surface area contributed by atoms with Gasteiger partial charge in [0, 0.05) is 47.9 Å². The fourth-order valence-corrected chi connectivity index (χ4v) is 3.57. The maximum absolute atomic E-state index is 15.0. The van der Waals surface area contributed by atoms with E-state index < -0.39 is 5.83 Å². The van der Waals surface area contributed by atoms with Gasteiger partial charge in [-0.2, -0.15) is 0 Å². The summed E-state index contributed by atoms with van der Waals surface area (Å²) in [6.45, 7) is 4.07. The lowest BCUT2D eigenvalue weighted by Gasteiger charge is -2.14. The van der Waals surface area contributed by atoms with E-state index in [9.17, 15) is 0 Å². The van der Waals surface area contributed by atoms with Crippen molar-refractivity contribution in [1.29, 1.82) is 0 Å². The van der Waals surface area contributed by atoms with Crippen LogP contribution < -0.4 is 19.5 Å². The second kappa shape index (κ2) is 11.9. The molecule has 0 radical (unpaired) electrons. The van der Waals surface area contributed by atoms with Gasteiger partial charge < -0.3 is 33.4 Å². The Balaban J connectivity index is 1.96. The van der Waals surface area contributed by atoms with E-state index in [1.807, 2.05) is 37.5 Å². The monoisotopic (exact) mass is 483 g/mol. The summed E-state index contributed by atoms with van der Waals surface area (Å²) in [5.41, 5.74) is 3.45. The molecule has 0 amide bonds. The molecule has 1 N–H and O–H groups in total. The summed E-state index contributed by atoms with van der Waals surface area (Å²) in [7, 11) is 8.54. The third kappa shape index (κ3) is 6.10. The van der Waals surface area contributed by atoms with Gasteiger partial charge in [0.05, 0.1) is 40.1 Å². The summed E-state index contributed by atoms with van der Waals surface area (Å²) in [6.07, 6.45) is 7.95. The topological polar surface area (TPSA) is 85.8 Å². The SMILES string of the molecule is C=N/C=C(F)\C(=N/CNc1cc(OC)c(OC)c(OC)c1)n1cc(CN(C)C)c(-c2ccoc2)c1. The number of hydrogen-bond acceptors (Lipinski definition) is 8. The first-order chi connectivity index (χ1) is 16.9. The fourth-order valence-electron chi connectivity index (χ4n) is 3.57. The zero-order valence-electron chi connectivity index (χ0n) is 20.5. The van der Waals surface area contributed by atoms with Crippen molar-refractivity contribution >= 4 is 18.2 Å². The smallest absolute Gasteiger partial charge is 0.203 e. The van der Waals surface area contributed by atoms with E-state index in [0.29, 0.717) is 29.5 Å². The maximum atomic E-state index is 15.0. The van der Waals surface area contributed by atoms with E-state index in [0.717, 1.165) is 22.9 Å². The molecule has 2 aromatic heterocycles. The Bertz CT molecular complexity index is 1170. The second-order valence-corrected chi connectivity index (χ2v) is 7.74. The fraction of sp³-hybridized carbons (Fsp3) is 0.280. The van der Waals surface area contributed by atoms with Crippen molar-refractivity contribution in [2.75, 3.05) is 47.4 Å². The molecule has 0 aliphatic carbocycles. The predicted octanol–water partition coefficient (Wildman–Crippen LogP) is 4.66. The minimum atomic E-state index is -0.628. The summed E-state index contributed by atoms with van der Waals surface area (Å²) in [6, 6.07) is 5.35. The van der Waals surface area contributed by atoms with Gasteiger partial charge in [0.15, 0.2) is 23.2 Å². The summed E-state index contributed by atoms with van der Waals surface area (Å²) in [5, 5.41) is 3.14. The molecule has 0 saturated heterocycles. The van der Waals surface area contributed by atoms with E-state index in [1.165, 1.54) is 21.3 Å². The van der Waals surface area contributed by atoms with Gasteiger partial charge in [-0.3, -0.25) is 4.99 Å². The number of benzene rings is 1. The third-order valence-electron chi connectivity index (χ3n) is 5.07. The average molecular weight is 484 g/mol. The molecular weight excluding hydrogens is 453 g/mol. The first-order valence-corrected chi connectivity index (χ1v) is 10.7. The molecule has 3 rings (SSSR count). The predicted molar refractivity (Wildman–Crippen MR) is 136 cm³/mol. The summed E-state index contributed by atoms with van der Waals surface area (Å²) in [5.74, 6) is 0.903.